The predicted molar refractivity (Wildman–Crippen MR) is 54.4 cm³/mol. The van der Waals surface area contributed by atoms with Crippen LogP contribution in [-0.4, -0.2) is 47.3 Å². The Hall–Kier alpha value is -1.14. The second-order valence-electron chi connectivity index (χ2n) is 3.46. The van der Waals surface area contributed by atoms with Crippen LogP contribution in [0.15, 0.2) is 0 Å². The lowest BCUT2D eigenvalue weighted by molar-refractivity contribution is -0.156. The van der Waals surface area contributed by atoms with Gasteiger partial charge in [-0.3, -0.25) is 4.79 Å². The van der Waals surface area contributed by atoms with E-state index in [0.29, 0.717) is 13.1 Å². The number of amides is 1. The maximum atomic E-state index is 11.0. The molecule has 0 saturated carbocycles. The Morgan fingerprint density at radius 3 is 2.47 bits per heavy atom. The molecule has 0 heterocycles. The van der Waals surface area contributed by atoms with Crippen LogP contribution in [0.5, 0.6) is 0 Å². The van der Waals surface area contributed by atoms with E-state index in [1.54, 1.807) is 0 Å². The molecule has 15 heavy (non-hydrogen) atoms. The van der Waals surface area contributed by atoms with Gasteiger partial charge in [0, 0.05) is 26.1 Å². The molecule has 1 unspecified atom stereocenters. The fourth-order valence-electron chi connectivity index (χ4n) is 0.895. The summed E-state index contributed by atoms with van der Waals surface area (Å²) in [7, 11) is 0. The molecule has 1 amide bonds. The van der Waals surface area contributed by atoms with Crippen molar-refractivity contribution in [3.8, 4) is 0 Å². The highest BCUT2D eigenvalue weighted by molar-refractivity contribution is 5.77. The van der Waals surface area contributed by atoms with Gasteiger partial charge in [-0.05, 0) is 13.8 Å². The number of hydrogen-bond acceptors (Lipinski definition) is 4. The third-order valence-corrected chi connectivity index (χ3v) is 1.83. The second kappa shape index (κ2) is 6.36. The Balaban J connectivity index is 3.63. The Labute approximate surface area is 88.7 Å². The summed E-state index contributed by atoms with van der Waals surface area (Å²) in [6.07, 6.45) is 0.267. The molecule has 0 spiro atoms. The molecule has 0 bridgehead atoms. The number of carboxylic acids is 1. The first-order chi connectivity index (χ1) is 6.90. The van der Waals surface area contributed by atoms with Crippen molar-refractivity contribution in [2.24, 2.45) is 0 Å². The van der Waals surface area contributed by atoms with Crippen LogP contribution in [0.3, 0.4) is 0 Å². The average molecular weight is 218 g/mol. The van der Waals surface area contributed by atoms with Crippen molar-refractivity contribution in [1.29, 1.82) is 0 Å². The summed E-state index contributed by atoms with van der Waals surface area (Å²) in [6, 6.07) is 0. The molecule has 1 atom stereocenters. The van der Waals surface area contributed by atoms with Gasteiger partial charge in [-0.2, -0.15) is 0 Å². The van der Waals surface area contributed by atoms with Crippen LogP contribution in [0, 0.1) is 0 Å². The van der Waals surface area contributed by atoms with Gasteiger partial charge < -0.3 is 20.8 Å². The molecule has 88 valence electrons. The van der Waals surface area contributed by atoms with Gasteiger partial charge in [0.15, 0.2) is 5.60 Å². The van der Waals surface area contributed by atoms with E-state index in [-0.39, 0.29) is 18.9 Å². The molecule has 6 nitrogen and oxygen atoms in total. The Morgan fingerprint density at radius 2 is 2.00 bits per heavy atom. The van der Waals surface area contributed by atoms with E-state index in [9.17, 15) is 14.7 Å². The van der Waals surface area contributed by atoms with Crippen LogP contribution in [0.4, 0.5) is 0 Å². The first-order valence-corrected chi connectivity index (χ1v) is 4.83. The van der Waals surface area contributed by atoms with E-state index in [2.05, 4.69) is 10.6 Å². The Morgan fingerprint density at radius 1 is 1.40 bits per heavy atom. The molecular formula is C9H18N2O4. The van der Waals surface area contributed by atoms with Gasteiger partial charge in [0.1, 0.15) is 0 Å². The van der Waals surface area contributed by atoms with Crippen molar-refractivity contribution < 1.29 is 19.8 Å². The molecule has 0 radical (unpaired) electrons. The number of hydrogen-bond donors (Lipinski definition) is 4. The van der Waals surface area contributed by atoms with Crippen molar-refractivity contribution in [3.63, 3.8) is 0 Å². The van der Waals surface area contributed by atoms with Crippen LogP contribution in [0.1, 0.15) is 20.3 Å². The van der Waals surface area contributed by atoms with Crippen LogP contribution in [0.2, 0.25) is 0 Å². The van der Waals surface area contributed by atoms with Gasteiger partial charge >= 0.3 is 5.97 Å². The van der Waals surface area contributed by atoms with E-state index in [1.165, 1.54) is 6.92 Å². The topological polar surface area (TPSA) is 98.7 Å². The quantitative estimate of drug-likeness (QED) is 0.408. The monoisotopic (exact) mass is 218 g/mol. The molecular weight excluding hydrogens is 200 g/mol. The summed E-state index contributed by atoms with van der Waals surface area (Å²) in [5, 5.41) is 23.2. The van der Waals surface area contributed by atoms with E-state index >= 15 is 0 Å². The molecule has 6 heteroatoms. The molecule has 0 aromatic heterocycles. The van der Waals surface area contributed by atoms with Gasteiger partial charge in [-0.25, -0.2) is 4.79 Å². The molecule has 0 aromatic rings. The zero-order valence-electron chi connectivity index (χ0n) is 9.04. The van der Waals surface area contributed by atoms with E-state index in [1.807, 2.05) is 6.92 Å². The molecule has 0 aliphatic heterocycles. The summed E-state index contributed by atoms with van der Waals surface area (Å²) in [4.78, 5) is 21.5. The fourth-order valence-corrected chi connectivity index (χ4v) is 0.895. The van der Waals surface area contributed by atoms with Gasteiger partial charge in [-0.1, -0.05) is 0 Å². The first-order valence-electron chi connectivity index (χ1n) is 4.83. The normalized spacial score (nSPS) is 14.3. The standard InChI is InChI=1S/C9H18N2O4/c1-3-11-7(12)4-5-10-6-9(2,15)8(13)14/h10,15H,3-6H2,1-2H3,(H,11,12)(H,13,14). The van der Waals surface area contributed by atoms with E-state index in [0.717, 1.165) is 0 Å². The summed E-state index contributed by atoms with van der Waals surface area (Å²) in [6.45, 7) is 3.86. The average Bonchev–Trinajstić information content (AvgIpc) is 2.13. The summed E-state index contributed by atoms with van der Waals surface area (Å²) >= 11 is 0. The van der Waals surface area contributed by atoms with Crippen molar-refractivity contribution in [1.82, 2.24) is 10.6 Å². The van der Waals surface area contributed by atoms with Crippen molar-refractivity contribution in [2.75, 3.05) is 19.6 Å². The predicted octanol–water partition coefficient (Wildman–Crippen LogP) is -1.06. The van der Waals surface area contributed by atoms with Gasteiger partial charge in [0.2, 0.25) is 5.91 Å². The van der Waals surface area contributed by atoms with Gasteiger partial charge in [0.05, 0.1) is 0 Å². The Bertz CT molecular complexity index is 228. The molecule has 0 rings (SSSR count). The zero-order chi connectivity index (χ0) is 11.9. The SMILES string of the molecule is CCNC(=O)CCNCC(C)(O)C(=O)O. The second-order valence-corrected chi connectivity index (χ2v) is 3.46. The number of nitrogens with one attached hydrogen (secondary N) is 2. The maximum absolute atomic E-state index is 11.0. The van der Waals surface area contributed by atoms with Crippen molar-refractivity contribution in [2.45, 2.75) is 25.9 Å². The lowest BCUT2D eigenvalue weighted by atomic mass is 10.1. The summed E-state index contributed by atoms with van der Waals surface area (Å²) in [5.41, 5.74) is -1.79. The molecule has 0 aromatic carbocycles. The van der Waals surface area contributed by atoms with Gasteiger partial charge in [-0.15, -0.1) is 0 Å². The number of aliphatic hydroxyl groups is 1. The van der Waals surface area contributed by atoms with Crippen LogP contribution >= 0.6 is 0 Å². The molecule has 0 aliphatic carbocycles. The summed E-state index contributed by atoms with van der Waals surface area (Å²) < 4.78 is 0. The molecule has 0 aliphatic rings. The van der Waals surface area contributed by atoms with Crippen LogP contribution < -0.4 is 10.6 Å². The fraction of sp³-hybridized carbons (Fsp3) is 0.778. The minimum absolute atomic E-state index is 0.0816. The minimum atomic E-state index is -1.79. The number of rotatable bonds is 7. The first kappa shape index (κ1) is 13.9. The van der Waals surface area contributed by atoms with E-state index < -0.39 is 11.6 Å². The lowest BCUT2D eigenvalue weighted by Gasteiger charge is -2.18. The van der Waals surface area contributed by atoms with Crippen molar-refractivity contribution in [3.05, 3.63) is 0 Å². The number of carbonyl (C=O) groups is 2. The minimum Gasteiger partial charge on any atom is -0.479 e. The van der Waals surface area contributed by atoms with Crippen molar-refractivity contribution >= 4 is 11.9 Å². The highest BCUT2D eigenvalue weighted by Gasteiger charge is 2.28. The van der Waals surface area contributed by atoms with E-state index in [4.69, 9.17) is 5.11 Å². The highest BCUT2D eigenvalue weighted by Crippen LogP contribution is 2.00. The van der Waals surface area contributed by atoms with Gasteiger partial charge in [0.25, 0.3) is 0 Å². The van der Waals surface area contributed by atoms with Crippen LogP contribution in [0.25, 0.3) is 0 Å². The highest BCUT2D eigenvalue weighted by atomic mass is 16.4. The Kier molecular flexibility index (Phi) is 5.88. The zero-order valence-corrected chi connectivity index (χ0v) is 9.04. The maximum Gasteiger partial charge on any atom is 0.336 e. The summed E-state index contributed by atoms with van der Waals surface area (Å²) in [5.74, 6) is -1.38. The number of aliphatic carboxylic acids is 1. The smallest absolute Gasteiger partial charge is 0.336 e. The third kappa shape index (κ3) is 6.03. The largest absolute Gasteiger partial charge is 0.479 e. The molecule has 0 fully saturated rings. The van der Waals surface area contributed by atoms with Crippen LogP contribution in [-0.2, 0) is 9.59 Å². The number of carbonyl (C=O) groups excluding carboxylic acids is 1. The molecule has 0 saturated heterocycles. The number of carboxylic acid groups (broad SMARTS) is 1. The lowest BCUT2D eigenvalue weighted by Crippen LogP contribution is -2.45. The molecule has 4 N–H and O–H groups in total. The third-order valence-electron chi connectivity index (χ3n) is 1.83.